The lowest BCUT2D eigenvalue weighted by molar-refractivity contribution is 0.256. The number of hydrogen-bond acceptors (Lipinski definition) is 1. The van der Waals surface area contributed by atoms with Crippen LogP contribution in [0.1, 0.15) is 49.8 Å². The van der Waals surface area contributed by atoms with E-state index in [1.165, 1.54) is 31.2 Å². The molecule has 1 aromatic carbocycles. The molecule has 1 aliphatic carbocycles. The van der Waals surface area contributed by atoms with Crippen molar-refractivity contribution in [2.75, 3.05) is 0 Å². The Bertz CT molecular complexity index is 381. The Kier molecular flexibility index (Phi) is 4.11. The molecule has 0 bridgehead atoms. The Morgan fingerprint density at radius 2 is 1.88 bits per heavy atom. The first-order chi connectivity index (χ1) is 8.08. The van der Waals surface area contributed by atoms with Crippen molar-refractivity contribution < 1.29 is 0 Å². The number of hydrogen-bond donors (Lipinski definition) is 1. The Morgan fingerprint density at radius 1 is 1.24 bits per heavy atom. The second-order valence-corrected chi connectivity index (χ2v) is 5.96. The summed E-state index contributed by atoms with van der Waals surface area (Å²) in [6, 6.07) is 6.40. The third kappa shape index (κ3) is 3.02. The quantitative estimate of drug-likeness (QED) is 0.824. The molecule has 94 valence electrons. The van der Waals surface area contributed by atoms with Crippen LogP contribution in [0, 0.1) is 18.8 Å². The molecular formula is C15H22ClN. The second kappa shape index (κ2) is 5.41. The van der Waals surface area contributed by atoms with Gasteiger partial charge in [-0.2, -0.15) is 0 Å². The van der Waals surface area contributed by atoms with Gasteiger partial charge >= 0.3 is 0 Å². The molecule has 1 aliphatic rings. The number of aryl methyl sites for hydroxylation is 1. The van der Waals surface area contributed by atoms with Crippen LogP contribution in [0.15, 0.2) is 18.2 Å². The Labute approximate surface area is 109 Å². The van der Waals surface area contributed by atoms with E-state index < -0.39 is 0 Å². The van der Waals surface area contributed by atoms with Crippen molar-refractivity contribution in [3.8, 4) is 0 Å². The Balaban J connectivity index is 2.08. The van der Waals surface area contributed by atoms with E-state index in [1.807, 2.05) is 13.0 Å². The lowest BCUT2D eigenvalue weighted by atomic mass is 9.77. The first kappa shape index (κ1) is 12.9. The third-order valence-corrected chi connectivity index (χ3v) is 4.56. The summed E-state index contributed by atoms with van der Waals surface area (Å²) in [6.07, 6.45) is 5.15. The van der Waals surface area contributed by atoms with Gasteiger partial charge in [-0.15, -0.1) is 0 Å². The topological polar surface area (TPSA) is 26.0 Å². The molecule has 0 saturated heterocycles. The van der Waals surface area contributed by atoms with Crippen LogP contribution in [0.2, 0.25) is 5.02 Å². The van der Waals surface area contributed by atoms with E-state index in [0.29, 0.717) is 5.92 Å². The summed E-state index contributed by atoms with van der Waals surface area (Å²) in [7, 11) is 0. The summed E-state index contributed by atoms with van der Waals surface area (Å²) in [5, 5.41) is 0.835. The highest BCUT2D eigenvalue weighted by Gasteiger charge is 2.24. The van der Waals surface area contributed by atoms with Gasteiger partial charge in [0.1, 0.15) is 0 Å². The largest absolute Gasteiger partial charge is 0.324 e. The van der Waals surface area contributed by atoms with Crippen molar-refractivity contribution in [3.05, 3.63) is 34.3 Å². The molecule has 0 heterocycles. The number of benzene rings is 1. The van der Waals surface area contributed by atoms with Gasteiger partial charge in [0.25, 0.3) is 0 Å². The van der Waals surface area contributed by atoms with Crippen LogP contribution in [0.4, 0.5) is 0 Å². The first-order valence-electron chi connectivity index (χ1n) is 6.59. The van der Waals surface area contributed by atoms with E-state index in [4.69, 9.17) is 17.3 Å². The molecule has 2 rings (SSSR count). The molecule has 2 heteroatoms. The zero-order valence-corrected chi connectivity index (χ0v) is 11.5. The molecule has 1 aromatic rings. The maximum absolute atomic E-state index is 6.38. The summed E-state index contributed by atoms with van der Waals surface area (Å²) in [5.41, 5.74) is 8.69. The molecule has 1 nitrogen and oxygen atoms in total. The average Bonchev–Trinajstić information content (AvgIpc) is 2.33. The van der Waals surface area contributed by atoms with Crippen LogP contribution in [-0.4, -0.2) is 0 Å². The molecule has 0 aliphatic heterocycles. The number of nitrogens with two attached hydrogens (primary N) is 1. The van der Waals surface area contributed by atoms with Crippen LogP contribution in [0.3, 0.4) is 0 Å². The maximum Gasteiger partial charge on any atom is 0.0438 e. The summed E-state index contributed by atoms with van der Waals surface area (Å²) >= 11 is 6.16. The number of rotatable bonds is 2. The third-order valence-electron chi connectivity index (χ3n) is 4.15. The van der Waals surface area contributed by atoms with Gasteiger partial charge in [0.2, 0.25) is 0 Å². The van der Waals surface area contributed by atoms with Crippen LogP contribution in [0.5, 0.6) is 0 Å². The SMILES string of the molecule is Cc1ccc(C(N)C2CCC(C)CC2)cc1Cl. The molecule has 17 heavy (non-hydrogen) atoms. The fourth-order valence-electron chi connectivity index (χ4n) is 2.73. The predicted octanol–water partition coefficient (Wildman–Crippen LogP) is 4.47. The summed E-state index contributed by atoms with van der Waals surface area (Å²) in [5.74, 6) is 1.50. The molecule has 1 atom stereocenters. The van der Waals surface area contributed by atoms with Crippen LogP contribution < -0.4 is 5.73 Å². The van der Waals surface area contributed by atoms with Gasteiger partial charge in [0.05, 0.1) is 0 Å². The van der Waals surface area contributed by atoms with Gasteiger partial charge in [0, 0.05) is 11.1 Å². The molecule has 1 unspecified atom stereocenters. The lowest BCUT2D eigenvalue weighted by Crippen LogP contribution is -2.25. The molecule has 2 N–H and O–H groups in total. The van der Waals surface area contributed by atoms with Crippen molar-refractivity contribution in [2.45, 2.75) is 45.6 Å². The maximum atomic E-state index is 6.38. The van der Waals surface area contributed by atoms with E-state index in [-0.39, 0.29) is 6.04 Å². The molecule has 0 spiro atoms. The van der Waals surface area contributed by atoms with E-state index in [1.54, 1.807) is 0 Å². The van der Waals surface area contributed by atoms with E-state index in [9.17, 15) is 0 Å². The van der Waals surface area contributed by atoms with Crippen molar-refractivity contribution in [3.63, 3.8) is 0 Å². The zero-order valence-electron chi connectivity index (χ0n) is 10.7. The van der Waals surface area contributed by atoms with Gasteiger partial charge in [0.15, 0.2) is 0 Å². The van der Waals surface area contributed by atoms with Gasteiger partial charge in [-0.3, -0.25) is 0 Å². The standard InChI is InChI=1S/C15H22ClN/c1-10-3-6-12(7-4-10)15(17)13-8-5-11(2)14(16)9-13/h5,8-10,12,15H,3-4,6-7,17H2,1-2H3. The van der Waals surface area contributed by atoms with Crippen molar-refractivity contribution in [2.24, 2.45) is 17.6 Å². The van der Waals surface area contributed by atoms with E-state index in [0.717, 1.165) is 16.5 Å². The van der Waals surface area contributed by atoms with Crippen LogP contribution in [-0.2, 0) is 0 Å². The van der Waals surface area contributed by atoms with Crippen LogP contribution in [0.25, 0.3) is 0 Å². The first-order valence-corrected chi connectivity index (χ1v) is 6.97. The van der Waals surface area contributed by atoms with Crippen molar-refractivity contribution in [1.29, 1.82) is 0 Å². The highest BCUT2D eigenvalue weighted by molar-refractivity contribution is 6.31. The van der Waals surface area contributed by atoms with E-state index in [2.05, 4.69) is 19.1 Å². The van der Waals surface area contributed by atoms with Crippen LogP contribution >= 0.6 is 11.6 Å². The smallest absolute Gasteiger partial charge is 0.0438 e. The minimum absolute atomic E-state index is 0.153. The van der Waals surface area contributed by atoms with Gasteiger partial charge in [-0.1, -0.05) is 43.5 Å². The summed E-state index contributed by atoms with van der Waals surface area (Å²) in [4.78, 5) is 0. The summed E-state index contributed by atoms with van der Waals surface area (Å²) < 4.78 is 0. The fraction of sp³-hybridized carbons (Fsp3) is 0.600. The molecule has 1 fully saturated rings. The van der Waals surface area contributed by atoms with Crippen molar-refractivity contribution >= 4 is 11.6 Å². The minimum atomic E-state index is 0.153. The number of halogens is 1. The fourth-order valence-corrected chi connectivity index (χ4v) is 2.92. The van der Waals surface area contributed by atoms with Gasteiger partial charge < -0.3 is 5.73 Å². The highest BCUT2D eigenvalue weighted by atomic mass is 35.5. The molecule has 0 aromatic heterocycles. The summed E-state index contributed by atoms with van der Waals surface area (Å²) in [6.45, 7) is 4.37. The molecule has 0 amide bonds. The Morgan fingerprint density at radius 3 is 2.47 bits per heavy atom. The molecular weight excluding hydrogens is 230 g/mol. The lowest BCUT2D eigenvalue weighted by Gasteiger charge is -2.31. The minimum Gasteiger partial charge on any atom is -0.324 e. The average molecular weight is 252 g/mol. The second-order valence-electron chi connectivity index (χ2n) is 5.55. The van der Waals surface area contributed by atoms with Gasteiger partial charge in [-0.05, 0) is 48.8 Å². The highest BCUT2D eigenvalue weighted by Crippen LogP contribution is 2.36. The normalized spacial score (nSPS) is 26.8. The van der Waals surface area contributed by atoms with E-state index >= 15 is 0 Å². The monoisotopic (exact) mass is 251 g/mol. The molecule has 1 saturated carbocycles. The van der Waals surface area contributed by atoms with Gasteiger partial charge in [-0.25, -0.2) is 0 Å². The molecule has 0 radical (unpaired) electrons. The Hall–Kier alpha value is -0.530. The van der Waals surface area contributed by atoms with Crippen molar-refractivity contribution in [1.82, 2.24) is 0 Å². The zero-order chi connectivity index (χ0) is 12.4. The predicted molar refractivity (Wildman–Crippen MR) is 74.2 cm³/mol.